The third-order valence-corrected chi connectivity index (χ3v) is 4.36. The second-order valence-electron chi connectivity index (χ2n) is 5.47. The molecule has 106 valence electrons. The van der Waals surface area contributed by atoms with Crippen LogP contribution in [-0.2, 0) is 6.54 Å². The Morgan fingerprint density at radius 3 is 2.95 bits per heavy atom. The van der Waals surface area contributed by atoms with Crippen molar-refractivity contribution >= 4 is 11.6 Å². The second-order valence-corrected chi connectivity index (χ2v) is 5.88. The van der Waals surface area contributed by atoms with Gasteiger partial charge in [-0.25, -0.2) is 0 Å². The van der Waals surface area contributed by atoms with E-state index in [9.17, 15) is 0 Å². The fourth-order valence-electron chi connectivity index (χ4n) is 2.62. The van der Waals surface area contributed by atoms with Crippen molar-refractivity contribution < 1.29 is 4.74 Å². The van der Waals surface area contributed by atoms with E-state index in [1.54, 1.807) is 7.11 Å². The minimum absolute atomic E-state index is 0.201. The maximum absolute atomic E-state index is 6.31. The van der Waals surface area contributed by atoms with Crippen molar-refractivity contribution in [1.82, 2.24) is 10.2 Å². The molecule has 0 aliphatic carbocycles. The lowest BCUT2D eigenvalue weighted by Gasteiger charge is -2.41. The first-order chi connectivity index (χ1) is 9.08. The fraction of sp³-hybridized carbons (Fsp3) is 0.600. The summed E-state index contributed by atoms with van der Waals surface area (Å²) in [7, 11) is 1.70. The van der Waals surface area contributed by atoms with E-state index >= 15 is 0 Å². The second kappa shape index (κ2) is 6.12. The minimum Gasteiger partial charge on any atom is -0.496 e. The average Bonchev–Trinajstić information content (AvgIpc) is 2.41. The van der Waals surface area contributed by atoms with Crippen molar-refractivity contribution in [2.75, 3.05) is 26.7 Å². The maximum atomic E-state index is 6.31. The molecule has 0 saturated carbocycles. The van der Waals surface area contributed by atoms with Gasteiger partial charge >= 0.3 is 0 Å². The lowest BCUT2D eigenvalue weighted by Crippen LogP contribution is -2.58. The molecule has 0 aromatic heterocycles. The van der Waals surface area contributed by atoms with Crippen LogP contribution in [-0.4, -0.2) is 37.2 Å². The number of hydrogen-bond acceptors (Lipinski definition) is 3. The number of rotatable bonds is 4. The van der Waals surface area contributed by atoms with E-state index in [1.807, 2.05) is 18.2 Å². The van der Waals surface area contributed by atoms with Crippen molar-refractivity contribution in [3.63, 3.8) is 0 Å². The van der Waals surface area contributed by atoms with Gasteiger partial charge in [0, 0.05) is 42.3 Å². The molecule has 1 unspecified atom stereocenters. The highest BCUT2D eigenvalue weighted by molar-refractivity contribution is 6.31. The zero-order chi connectivity index (χ0) is 13.9. The maximum Gasteiger partial charge on any atom is 0.124 e. The van der Waals surface area contributed by atoms with Crippen LogP contribution >= 0.6 is 11.6 Å². The molecule has 1 heterocycles. The van der Waals surface area contributed by atoms with Gasteiger partial charge in [-0.1, -0.05) is 24.6 Å². The molecule has 4 heteroatoms. The predicted molar refractivity (Wildman–Crippen MR) is 80.0 cm³/mol. The first kappa shape index (κ1) is 14.6. The molecule has 3 nitrogen and oxygen atoms in total. The molecule has 2 rings (SSSR count). The molecular weight excluding hydrogens is 260 g/mol. The van der Waals surface area contributed by atoms with Gasteiger partial charge in [-0.05, 0) is 25.5 Å². The van der Waals surface area contributed by atoms with Crippen molar-refractivity contribution in [3.8, 4) is 5.75 Å². The summed E-state index contributed by atoms with van der Waals surface area (Å²) in [5, 5.41) is 4.39. The van der Waals surface area contributed by atoms with Crippen molar-refractivity contribution in [1.29, 1.82) is 0 Å². The van der Waals surface area contributed by atoms with Crippen molar-refractivity contribution in [2.45, 2.75) is 32.4 Å². The Hall–Kier alpha value is -0.770. The number of benzene rings is 1. The lowest BCUT2D eigenvalue weighted by molar-refractivity contribution is 0.133. The summed E-state index contributed by atoms with van der Waals surface area (Å²) in [4.78, 5) is 2.45. The smallest absolute Gasteiger partial charge is 0.124 e. The molecular formula is C15H23ClN2O. The number of nitrogens with one attached hydrogen (secondary N) is 1. The number of nitrogens with zero attached hydrogens (tertiary/aromatic N) is 1. The van der Waals surface area contributed by atoms with Crippen LogP contribution in [0.15, 0.2) is 18.2 Å². The Balaban J connectivity index is 2.13. The summed E-state index contributed by atoms with van der Waals surface area (Å²) in [6.07, 6.45) is 1.13. The van der Waals surface area contributed by atoms with Crippen LogP contribution in [0, 0.1) is 0 Å². The molecule has 1 saturated heterocycles. The van der Waals surface area contributed by atoms with E-state index < -0.39 is 0 Å². The van der Waals surface area contributed by atoms with Gasteiger partial charge in [0.05, 0.1) is 7.11 Å². The van der Waals surface area contributed by atoms with Gasteiger partial charge < -0.3 is 10.1 Å². The van der Waals surface area contributed by atoms with E-state index in [4.69, 9.17) is 16.3 Å². The Morgan fingerprint density at radius 1 is 1.47 bits per heavy atom. The van der Waals surface area contributed by atoms with Crippen LogP contribution in [0.5, 0.6) is 5.75 Å². The molecule has 0 radical (unpaired) electrons. The Labute approximate surface area is 120 Å². The predicted octanol–water partition coefficient (Wildman–Crippen LogP) is 2.92. The summed E-state index contributed by atoms with van der Waals surface area (Å²) in [6, 6.07) is 5.83. The molecule has 1 N–H and O–H groups in total. The van der Waals surface area contributed by atoms with Crippen LogP contribution in [0.1, 0.15) is 25.8 Å². The van der Waals surface area contributed by atoms with E-state index in [-0.39, 0.29) is 5.54 Å². The van der Waals surface area contributed by atoms with E-state index in [1.165, 1.54) is 0 Å². The molecule has 0 spiro atoms. The Kier molecular flexibility index (Phi) is 4.71. The first-order valence-electron chi connectivity index (χ1n) is 6.87. The number of ether oxygens (including phenoxy) is 1. The minimum atomic E-state index is 0.201. The largest absolute Gasteiger partial charge is 0.496 e. The van der Waals surface area contributed by atoms with Gasteiger partial charge in [-0.15, -0.1) is 0 Å². The summed E-state index contributed by atoms with van der Waals surface area (Å²) >= 11 is 6.31. The molecule has 1 aromatic rings. The number of halogens is 1. The quantitative estimate of drug-likeness (QED) is 0.919. The fourth-order valence-corrected chi connectivity index (χ4v) is 2.85. The molecule has 19 heavy (non-hydrogen) atoms. The standard InChI is InChI=1S/C15H23ClN2O/c1-4-15(2)11-18(9-8-17-15)10-12-13(16)6-5-7-14(12)19-3/h5-7,17H,4,8-11H2,1-3H3. The van der Waals surface area contributed by atoms with Crippen LogP contribution in [0.3, 0.4) is 0 Å². The molecule has 1 aliphatic rings. The summed E-state index contributed by atoms with van der Waals surface area (Å²) < 4.78 is 5.42. The van der Waals surface area contributed by atoms with Gasteiger partial charge in [0.15, 0.2) is 0 Å². The van der Waals surface area contributed by atoms with Gasteiger partial charge in [-0.2, -0.15) is 0 Å². The Morgan fingerprint density at radius 2 is 2.26 bits per heavy atom. The van der Waals surface area contributed by atoms with Gasteiger partial charge in [0.1, 0.15) is 5.75 Å². The zero-order valence-electron chi connectivity index (χ0n) is 12.0. The monoisotopic (exact) mass is 282 g/mol. The molecule has 1 aliphatic heterocycles. The lowest BCUT2D eigenvalue weighted by atomic mass is 9.95. The summed E-state index contributed by atoms with van der Waals surface area (Å²) in [5.41, 5.74) is 1.29. The van der Waals surface area contributed by atoms with Crippen LogP contribution in [0.25, 0.3) is 0 Å². The third-order valence-electron chi connectivity index (χ3n) is 4.01. The third kappa shape index (κ3) is 3.41. The first-order valence-corrected chi connectivity index (χ1v) is 7.24. The van der Waals surface area contributed by atoms with Gasteiger partial charge in [0.25, 0.3) is 0 Å². The molecule has 1 aromatic carbocycles. The number of hydrogen-bond donors (Lipinski definition) is 1. The van der Waals surface area contributed by atoms with Gasteiger partial charge in [0.2, 0.25) is 0 Å². The highest BCUT2D eigenvalue weighted by Gasteiger charge is 2.29. The van der Waals surface area contributed by atoms with E-state index in [0.717, 1.165) is 48.9 Å². The molecule has 0 bridgehead atoms. The van der Waals surface area contributed by atoms with Crippen molar-refractivity contribution in [2.24, 2.45) is 0 Å². The topological polar surface area (TPSA) is 24.5 Å². The van der Waals surface area contributed by atoms with E-state index in [2.05, 4.69) is 24.1 Å². The SMILES string of the molecule is CCC1(C)CN(Cc2c(Cl)cccc2OC)CCN1. The highest BCUT2D eigenvalue weighted by Crippen LogP contribution is 2.28. The van der Waals surface area contributed by atoms with Gasteiger partial charge in [-0.3, -0.25) is 4.90 Å². The molecule has 1 fully saturated rings. The molecule has 1 atom stereocenters. The Bertz CT molecular complexity index is 438. The van der Waals surface area contributed by atoms with Crippen LogP contribution in [0.2, 0.25) is 5.02 Å². The summed E-state index contributed by atoms with van der Waals surface area (Å²) in [5.74, 6) is 0.879. The van der Waals surface area contributed by atoms with Crippen LogP contribution in [0.4, 0.5) is 0 Å². The highest BCUT2D eigenvalue weighted by atomic mass is 35.5. The number of piperazine rings is 1. The van der Waals surface area contributed by atoms with E-state index in [0.29, 0.717) is 0 Å². The van der Waals surface area contributed by atoms with Crippen LogP contribution < -0.4 is 10.1 Å². The average molecular weight is 283 g/mol. The molecule has 0 amide bonds. The summed E-state index contributed by atoms with van der Waals surface area (Å²) in [6.45, 7) is 8.47. The zero-order valence-corrected chi connectivity index (χ0v) is 12.8. The normalized spacial score (nSPS) is 24.4. The number of methoxy groups -OCH3 is 1. The van der Waals surface area contributed by atoms with Crippen molar-refractivity contribution in [3.05, 3.63) is 28.8 Å².